The minimum atomic E-state index is -0.902. The van der Waals surface area contributed by atoms with Gasteiger partial charge in [-0.3, -0.25) is 0 Å². The quantitative estimate of drug-likeness (QED) is 0.514. The molecule has 1 fully saturated rings. The van der Waals surface area contributed by atoms with Gasteiger partial charge in [-0.05, 0) is 38.8 Å². The van der Waals surface area contributed by atoms with Gasteiger partial charge in [0, 0.05) is 30.4 Å². The second kappa shape index (κ2) is 9.41. The van der Waals surface area contributed by atoms with E-state index in [1.165, 1.54) is 0 Å². The zero-order chi connectivity index (χ0) is 23.0. The van der Waals surface area contributed by atoms with Crippen LogP contribution in [0.15, 0.2) is 18.2 Å². The van der Waals surface area contributed by atoms with Crippen LogP contribution in [0, 0.1) is 13.8 Å². The summed E-state index contributed by atoms with van der Waals surface area (Å²) < 4.78 is 22.0. The van der Waals surface area contributed by atoms with Gasteiger partial charge in [0.2, 0.25) is 0 Å². The molecule has 1 aromatic carbocycles. The maximum absolute atomic E-state index is 15.0. The summed E-state index contributed by atoms with van der Waals surface area (Å²) in [5, 5.41) is 5.68. The Kier molecular flexibility index (Phi) is 6.79. The summed E-state index contributed by atoms with van der Waals surface area (Å²) in [6, 6.07) is 5.15. The van der Waals surface area contributed by atoms with Crippen molar-refractivity contribution in [2.45, 2.75) is 51.7 Å². The van der Waals surface area contributed by atoms with Crippen LogP contribution >= 0.6 is 23.2 Å². The summed E-state index contributed by atoms with van der Waals surface area (Å²) in [7, 11) is 1.56. The van der Waals surface area contributed by atoms with Crippen molar-refractivity contribution in [3.05, 3.63) is 39.6 Å². The molecule has 6 nitrogen and oxygen atoms in total. The van der Waals surface area contributed by atoms with Crippen LogP contribution in [0.1, 0.15) is 37.1 Å². The van der Waals surface area contributed by atoms with E-state index in [0.29, 0.717) is 46.5 Å². The number of rotatable bonds is 6. The molecule has 0 saturated heterocycles. The Bertz CT molecular complexity index is 1110. The van der Waals surface area contributed by atoms with E-state index < -0.39 is 6.17 Å². The zero-order valence-electron chi connectivity index (χ0n) is 18.5. The lowest BCUT2D eigenvalue weighted by Gasteiger charge is -2.38. The Hall–Kier alpha value is -2.09. The third-order valence-electron chi connectivity index (χ3n) is 6.09. The number of aromatic nitrogens is 3. The fourth-order valence-electron chi connectivity index (χ4n) is 4.64. The van der Waals surface area contributed by atoms with Crippen LogP contribution in [0.4, 0.5) is 10.2 Å². The van der Waals surface area contributed by atoms with Crippen LogP contribution in [0.3, 0.4) is 0 Å². The maximum Gasteiger partial charge on any atom is 0.165 e. The number of methoxy groups -OCH3 is 1. The second-order valence-corrected chi connectivity index (χ2v) is 9.08. The molecule has 1 aliphatic carbocycles. The van der Waals surface area contributed by atoms with Gasteiger partial charge in [-0.1, -0.05) is 36.0 Å². The van der Waals surface area contributed by atoms with Crippen molar-refractivity contribution in [2.24, 2.45) is 5.73 Å². The van der Waals surface area contributed by atoms with Crippen molar-refractivity contribution in [3.63, 3.8) is 0 Å². The van der Waals surface area contributed by atoms with Gasteiger partial charge in [-0.2, -0.15) is 9.61 Å². The van der Waals surface area contributed by atoms with E-state index in [1.54, 1.807) is 23.8 Å². The number of fused-ring (bicyclic) bond motifs is 1. The summed E-state index contributed by atoms with van der Waals surface area (Å²) in [4.78, 5) is 6.82. The van der Waals surface area contributed by atoms with Crippen LogP contribution in [-0.2, 0) is 0 Å². The second-order valence-electron chi connectivity index (χ2n) is 8.27. The van der Waals surface area contributed by atoms with Crippen molar-refractivity contribution in [1.29, 1.82) is 0 Å². The summed E-state index contributed by atoms with van der Waals surface area (Å²) in [6.07, 6.45) is 2.37. The number of nitrogens with two attached hydrogens (primary N) is 1. The number of halogens is 3. The van der Waals surface area contributed by atoms with E-state index in [4.69, 9.17) is 43.8 Å². The largest absolute Gasteiger partial charge is 0.497 e. The Morgan fingerprint density at radius 2 is 1.84 bits per heavy atom. The average molecular weight is 480 g/mol. The summed E-state index contributed by atoms with van der Waals surface area (Å²) in [6.45, 7) is 4.75. The van der Waals surface area contributed by atoms with E-state index in [1.807, 2.05) is 19.9 Å². The van der Waals surface area contributed by atoms with Gasteiger partial charge < -0.3 is 15.4 Å². The van der Waals surface area contributed by atoms with Gasteiger partial charge in [0.1, 0.15) is 17.7 Å². The topological polar surface area (TPSA) is 68.7 Å². The molecular formula is C23H28Cl2FN5O. The molecule has 2 aromatic heterocycles. The lowest BCUT2D eigenvalue weighted by Crippen LogP contribution is -2.47. The number of hydrogen-bond donors (Lipinski definition) is 1. The Labute approximate surface area is 197 Å². The molecule has 9 heteroatoms. The standard InChI is InChI=1S/C23H28Cl2FN5O/c1-13-10-20(30(9-8-27)19-7-5-4-6-18(19)26)31-23(28-13)21(14(2)29-31)22-16(24)11-15(32-3)12-17(22)25/h10-12,18-19H,4-9,27H2,1-3H3. The lowest BCUT2D eigenvalue weighted by molar-refractivity contribution is 0.209. The number of aryl methyl sites for hydroxylation is 2. The van der Waals surface area contributed by atoms with Crippen molar-refractivity contribution in [1.82, 2.24) is 14.6 Å². The third-order valence-corrected chi connectivity index (χ3v) is 6.68. The highest BCUT2D eigenvalue weighted by atomic mass is 35.5. The Morgan fingerprint density at radius 3 is 2.47 bits per heavy atom. The molecule has 1 aliphatic rings. The molecular weight excluding hydrogens is 452 g/mol. The molecule has 1 saturated carbocycles. The summed E-state index contributed by atoms with van der Waals surface area (Å²) >= 11 is 13.2. The number of benzene rings is 1. The van der Waals surface area contributed by atoms with E-state index >= 15 is 0 Å². The Morgan fingerprint density at radius 1 is 1.16 bits per heavy atom. The predicted molar refractivity (Wildman–Crippen MR) is 128 cm³/mol. The molecule has 172 valence electrons. The highest BCUT2D eigenvalue weighted by molar-refractivity contribution is 6.39. The van der Waals surface area contributed by atoms with Gasteiger partial charge >= 0.3 is 0 Å². The fraction of sp³-hybridized carbons (Fsp3) is 0.478. The molecule has 0 bridgehead atoms. The monoisotopic (exact) mass is 479 g/mol. The first-order valence-electron chi connectivity index (χ1n) is 10.9. The van der Waals surface area contributed by atoms with Crippen LogP contribution in [0.5, 0.6) is 5.75 Å². The predicted octanol–water partition coefficient (Wildman–Crippen LogP) is 5.37. The van der Waals surface area contributed by atoms with E-state index in [2.05, 4.69) is 4.90 Å². The highest BCUT2D eigenvalue weighted by Gasteiger charge is 2.32. The Balaban J connectivity index is 1.93. The van der Waals surface area contributed by atoms with Crippen molar-refractivity contribution in [3.8, 4) is 16.9 Å². The van der Waals surface area contributed by atoms with Gasteiger partial charge in [0.15, 0.2) is 5.65 Å². The molecule has 2 unspecified atom stereocenters. The van der Waals surface area contributed by atoms with E-state index in [0.717, 1.165) is 42.0 Å². The maximum atomic E-state index is 15.0. The number of alkyl halides is 1. The molecule has 0 radical (unpaired) electrons. The van der Waals surface area contributed by atoms with Crippen LogP contribution in [0.2, 0.25) is 10.0 Å². The number of nitrogens with zero attached hydrogens (tertiary/aromatic N) is 4. The van der Waals surface area contributed by atoms with Crippen LogP contribution in [-0.4, -0.2) is 47.0 Å². The first kappa shape index (κ1) is 23.1. The van der Waals surface area contributed by atoms with E-state index in [-0.39, 0.29) is 6.04 Å². The number of hydrogen-bond acceptors (Lipinski definition) is 5. The summed E-state index contributed by atoms with van der Waals surface area (Å²) in [5.74, 6) is 1.35. The lowest BCUT2D eigenvalue weighted by atomic mass is 9.92. The van der Waals surface area contributed by atoms with Gasteiger partial charge in [0.25, 0.3) is 0 Å². The normalized spacial score (nSPS) is 18.8. The molecule has 0 amide bonds. The fourth-order valence-corrected chi connectivity index (χ4v) is 5.29. The molecule has 32 heavy (non-hydrogen) atoms. The molecule has 2 heterocycles. The van der Waals surface area contributed by atoms with Crippen molar-refractivity contribution in [2.75, 3.05) is 25.1 Å². The zero-order valence-corrected chi connectivity index (χ0v) is 20.0. The first-order valence-corrected chi connectivity index (χ1v) is 11.6. The van der Waals surface area contributed by atoms with Gasteiger partial charge in [-0.25, -0.2) is 9.37 Å². The molecule has 2 N–H and O–H groups in total. The van der Waals surface area contributed by atoms with Gasteiger partial charge in [0.05, 0.1) is 34.5 Å². The molecule has 3 aromatic rings. The first-order chi connectivity index (χ1) is 15.3. The minimum absolute atomic E-state index is 0.238. The van der Waals surface area contributed by atoms with Gasteiger partial charge in [-0.15, -0.1) is 0 Å². The third kappa shape index (κ3) is 4.14. The molecule has 0 aliphatic heterocycles. The highest BCUT2D eigenvalue weighted by Crippen LogP contribution is 2.42. The average Bonchev–Trinajstić information content (AvgIpc) is 3.07. The number of anilines is 1. The summed E-state index contributed by atoms with van der Waals surface area (Å²) in [5.41, 5.74) is 9.49. The van der Waals surface area contributed by atoms with Crippen molar-refractivity contribution >= 4 is 34.7 Å². The van der Waals surface area contributed by atoms with Crippen LogP contribution < -0.4 is 15.4 Å². The van der Waals surface area contributed by atoms with E-state index in [9.17, 15) is 4.39 Å². The molecule has 4 rings (SSSR count). The SMILES string of the molecule is COc1cc(Cl)c(-c2c(C)nn3c(N(CCN)C4CCCCC4F)cc(C)nc23)c(Cl)c1. The van der Waals surface area contributed by atoms with Crippen molar-refractivity contribution < 1.29 is 9.13 Å². The molecule has 2 atom stereocenters. The molecule has 0 spiro atoms. The minimum Gasteiger partial charge on any atom is -0.497 e. The number of ether oxygens (including phenoxy) is 1. The van der Waals surface area contributed by atoms with Crippen LogP contribution in [0.25, 0.3) is 16.8 Å². The smallest absolute Gasteiger partial charge is 0.165 e.